The molecule has 600 valence electrons. The quantitative estimate of drug-likeness (QED) is 0.0118. The van der Waals surface area contributed by atoms with Crippen molar-refractivity contribution in [3.05, 3.63) is 95.1 Å². The maximum Gasteiger partial charge on any atom is 0.509 e. The third kappa shape index (κ3) is 46.4. The van der Waals surface area contributed by atoms with E-state index in [-0.39, 0.29) is 87.5 Å². The third-order valence-electron chi connectivity index (χ3n) is 14.6. The van der Waals surface area contributed by atoms with Gasteiger partial charge in [0.2, 0.25) is 5.91 Å². The van der Waals surface area contributed by atoms with Crippen molar-refractivity contribution in [3.8, 4) is 0 Å². The Hall–Kier alpha value is -7.09. The van der Waals surface area contributed by atoms with E-state index in [1.54, 1.807) is 48.5 Å². The smallest absolute Gasteiger partial charge is 0.465 e. The summed E-state index contributed by atoms with van der Waals surface area (Å²) in [5.74, 6) is -6.51. The van der Waals surface area contributed by atoms with Gasteiger partial charge in [-0.1, -0.05) is 112 Å². The standard InChI is InChI=1S/C38H49BrN2O13.C33H46BrNO13.C3H10P2.U/c1-25-10-14-30(15-11-25)32(43)22-29-12-16-31(17-13-29)41-36(47)40-19-7-6-8-20-49-33(44)26(2)53-34(45)27(3)54-37(48)52-24-38(5,23-51-28(4)42)35(46)50-21-9-18-39;1-22(29(39)43-17-9-7-6-8-11-28(38)19-26-12-14-27(15-13-26)35-24(3)36)47-30(40)23(2)48-32(42)46-21-33(5,20-45-25(4)37)31(41)44-18-10-16-34;1-2-3-5-4;/h10-17,26-27H,6-9,18-24H2,1-5H3,(H2,40,41,47);12-15,22-23H,6-11,16-21H2,1-5H3,(H,35,36);5H,2-4H2,1H3;/i;;4T;. The fourth-order valence-corrected chi connectivity index (χ4v) is 9.83. The van der Waals surface area contributed by atoms with Gasteiger partial charge in [-0.25, -0.2) is 33.6 Å². The molecule has 34 heteroatoms. The zero-order valence-electron chi connectivity index (χ0n) is 64.3. The minimum Gasteiger partial charge on any atom is -0.465 e. The van der Waals surface area contributed by atoms with Crippen LogP contribution < -0.4 is 16.0 Å². The van der Waals surface area contributed by atoms with Crippen LogP contribution >= 0.6 is 49.0 Å². The van der Waals surface area contributed by atoms with Gasteiger partial charge >= 0.3 is 66.1 Å². The van der Waals surface area contributed by atoms with Crippen molar-refractivity contribution >= 4 is 144 Å². The summed E-state index contributed by atoms with van der Waals surface area (Å²) in [5, 5.41) is 9.36. The van der Waals surface area contributed by atoms with Crippen LogP contribution in [-0.2, 0) is 118 Å². The maximum atomic E-state index is 12.6. The van der Waals surface area contributed by atoms with Gasteiger partial charge in [0.15, 0.2) is 30.2 Å². The number of halogens is 2. The molecule has 3 rings (SSSR count). The monoisotopic (exact) mass is 1910 g/mol. The molecule has 0 bridgehead atoms. The van der Waals surface area contributed by atoms with E-state index in [1.165, 1.54) is 61.0 Å². The number of alkyl halides is 2. The van der Waals surface area contributed by atoms with Gasteiger partial charge in [0.05, 0.1) is 27.7 Å². The van der Waals surface area contributed by atoms with Crippen molar-refractivity contribution < 1.29 is 155 Å². The van der Waals surface area contributed by atoms with Crippen molar-refractivity contribution in [3.63, 3.8) is 0 Å². The van der Waals surface area contributed by atoms with Crippen LogP contribution in [0, 0.1) is 48.9 Å². The summed E-state index contributed by atoms with van der Waals surface area (Å²) >= 11 is 6.44. The molecular formula is C74H105Br2N3O26P2U. The van der Waals surface area contributed by atoms with E-state index in [2.05, 4.69) is 54.7 Å². The van der Waals surface area contributed by atoms with Crippen LogP contribution in [-0.4, -0.2) is 185 Å². The molecule has 8 atom stereocenters. The van der Waals surface area contributed by atoms with Crippen LogP contribution in [0.3, 0.4) is 0 Å². The maximum absolute atomic E-state index is 12.6. The molecule has 0 aromatic heterocycles. The number of unbranched alkanes of at least 4 members (excludes halogenated alkanes) is 5. The predicted octanol–water partition coefficient (Wildman–Crippen LogP) is 12.1. The second-order valence-electron chi connectivity index (χ2n) is 24.9. The Morgan fingerprint density at radius 3 is 1.31 bits per heavy atom. The van der Waals surface area contributed by atoms with Gasteiger partial charge in [0, 0.05) is 105 Å². The van der Waals surface area contributed by atoms with Crippen molar-refractivity contribution in [2.75, 3.05) is 86.9 Å². The number of ketones is 2. The fraction of sp³-hybridized carbons (Fsp3) is 0.568. The Bertz CT molecular complexity index is 3320. The number of urea groups is 1. The molecule has 3 aromatic rings. The van der Waals surface area contributed by atoms with Gasteiger partial charge in [0.25, 0.3) is 0 Å². The molecule has 29 nitrogen and oxygen atoms in total. The van der Waals surface area contributed by atoms with Gasteiger partial charge in [-0.15, -0.1) is 17.1 Å². The molecule has 8 unspecified atom stereocenters. The molecule has 3 aromatic carbocycles. The summed E-state index contributed by atoms with van der Waals surface area (Å²) in [6.07, 6.45) is 0.952. The Morgan fingerprint density at radius 1 is 0.491 bits per heavy atom. The minimum atomic E-state index is -1.54. The van der Waals surface area contributed by atoms with Crippen molar-refractivity contribution in [2.45, 2.75) is 184 Å². The van der Waals surface area contributed by atoms with Gasteiger partial charge in [0.1, 0.15) is 43.0 Å². The first-order chi connectivity index (χ1) is 51.2. The number of nitrogens with one attached hydrogen (secondary N) is 3. The first kappa shape index (κ1) is 98.9. The number of Topliss-reactive ketones (excluding diaryl/α,β-unsaturated/α-hetero) is 2. The molecular weight excluding hydrogens is 1810 g/mol. The number of amides is 3. The Kier molecular flexibility index (Phi) is 53.0. The van der Waals surface area contributed by atoms with Crippen molar-refractivity contribution in [1.82, 2.24) is 5.32 Å². The summed E-state index contributed by atoms with van der Waals surface area (Å²) in [6.45, 7) is 14.4. The summed E-state index contributed by atoms with van der Waals surface area (Å²) in [5.41, 5.74) is 1.62. The molecule has 0 spiro atoms. The van der Waals surface area contributed by atoms with Gasteiger partial charge in [-0.3, -0.25) is 33.6 Å². The van der Waals surface area contributed by atoms with E-state index < -0.39 is 122 Å². The Labute approximate surface area is 677 Å². The number of benzene rings is 3. The number of carbonyl (C=O) groups is 14. The second kappa shape index (κ2) is 57.9. The average Bonchev–Trinajstić information content (AvgIpc) is 0.855. The summed E-state index contributed by atoms with van der Waals surface area (Å²) < 4.78 is 67.1. The van der Waals surface area contributed by atoms with Crippen LogP contribution in [0.4, 0.5) is 25.8 Å². The van der Waals surface area contributed by atoms with Gasteiger partial charge in [-0.2, -0.15) is 0 Å². The number of hydrogen-bond acceptors (Lipinski definition) is 26. The summed E-state index contributed by atoms with van der Waals surface area (Å²) in [6, 6.07) is 21.2. The average molecular weight is 1910 g/mol. The van der Waals surface area contributed by atoms with Crippen LogP contribution in [0.1, 0.15) is 167 Å². The van der Waals surface area contributed by atoms with Crippen LogP contribution in [0.2, 0.25) is 0 Å². The van der Waals surface area contributed by atoms with Gasteiger partial charge in [-0.05, 0) is 135 Å². The molecule has 3 amide bonds. The molecule has 0 aliphatic carbocycles. The van der Waals surface area contributed by atoms with Crippen LogP contribution in [0.15, 0.2) is 72.8 Å². The Morgan fingerprint density at radius 2 is 0.898 bits per heavy atom. The number of aryl methyl sites for hydroxylation is 1. The predicted molar refractivity (Wildman–Crippen MR) is 407 cm³/mol. The van der Waals surface area contributed by atoms with E-state index in [0.717, 1.165) is 51.6 Å². The molecule has 108 heavy (non-hydrogen) atoms. The molecule has 0 aliphatic rings. The molecule has 0 heterocycles. The fourth-order valence-electron chi connectivity index (χ4n) is 8.38. The summed E-state index contributed by atoms with van der Waals surface area (Å²) in [4.78, 5) is 170. The molecule has 0 saturated heterocycles. The van der Waals surface area contributed by atoms with E-state index in [0.29, 0.717) is 101 Å². The largest absolute Gasteiger partial charge is 0.509 e. The molecule has 0 fully saturated rings. The zero-order valence-corrected chi connectivity index (χ0v) is 72.6. The van der Waals surface area contributed by atoms with E-state index in [1.807, 2.05) is 31.2 Å². The minimum absolute atomic E-state index is 0. The van der Waals surface area contributed by atoms with Crippen molar-refractivity contribution in [1.29, 1.82) is 1.28 Å². The number of hydrogen-bond donors (Lipinski definition) is 3. The Balaban J connectivity index is 0.00000198. The van der Waals surface area contributed by atoms with E-state index in [9.17, 15) is 67.1 Å². The van der Waals surface area contributed by atoms with Crippen LogP contribution in [0.25, 0.3) is 0 Å². The summed E-state index contributed by atoms with van der Waals surface area (Å²) in [7, 11) is 1.35. The van der Waals surface area contributed by atoms with Gasteiger partial charge < -0.3 is 72.8 Å². The third-order valence-corrected chi connectivity index (χ3v) is 17.2. The first-order valence-corrected chi connectivity index (χ1v) is 39.8. The normalized spacial score (nSPS) is 13.0. The van der Waals surface area contributed by atoms with E-state index in [4.69, 9.17) is 58.1 Å². The molecule has 0 radical (unpaired) electrons. The van der Waals surface area contributed by atoms with E-state index >= 15 is 0 Å². The molecule has 3 N–H and O–H groups in total. The van der Waals surface area contributed by atoms with Crippen LogP contribution in [0.5, 0.6) is 0 Å². The number of carbonyl (C=O) groups excluding carboxylic acids is 14. The molecule has 0 aliphatic heterocycles. The second-order valence-corrected chi connectivity index (χ2v) is 28.4. The van der Waals surface area contributed by atoms with Crippen molar-refractivity contribution in [2.24, 2.45) is 10.8 Å². The number of anilines is 2. The zero-order chi connectivity index (χ0) is 81.0. The number of ether oxygens (including phenoxy) is 12. The first-order valence-electron chi connectivity index (χ1n) is 35.4. The SMILES string of the molecule is CC(=O)Nc1ccc(CC(=O)CCCCCCOC(=O)C(C)OC(=O)C(C)OC(=O)OCC(C)(COC(C)=O)C(=O)OCCCBr)cc1.CC(=O)OCC(C)(COC(=O)OC(C)C(=O)OC(C)C(=O)OCCCCCNC(=O)Nc1ccc(CC(=O)c2ccc(C)cc2)cc1)C(=O)OCCCBr.[3H]PPCCC.[U]. The molecule has 0 saturated carbocycles. The topological polar surface area (TPSA) is 386 Å². The number of esters is 8. The number of rotatable bonds is 47.